The summed E-state index contributed by atoms with van der Waals surface area (Å²) in [4.78, 5) is 0. The topological polar surface area (TPSA) is 88.4 Å². The first-order chi connectivity index (χ1) is 24.8. The highest BCUT2D eigenvalue weighted by Gasteiger charge is 2.63. The molecule has 0 bridgehead atoms. The molecule has 1 aliphatic heterocycles. The zero-order chi connectivity index (χ0) is 37.2. The highest BCUT2D eigenvalue weighted by atomic mass is 28.4. The molecule has 0 aliphatic carbocycles. The molecule has 5 atom stereocenters. The molecule has 5 aromatic carbocycles. The van der Waals surface area contributed by atoms with E-state index in [0.29, 0.717) is 5.56 Å². The molecule has 6 nitrogen and oxygen atoms in total. The van der Waals surface area contributed by atoms with Crippen LogP contribution in [0.5, 0.6) is 0 Å². The van der Waals surface area contributed by atoms with Gasteiger partial charge in [-0.3, -0.25) is 0 Å². The summed E-state index contributed by atoms with van der Waals surface area (Å²) >= 11 is 0. The number of rotatable bonds is 10. The normalized spacial score (nSPS) is 22.9. The van der Waals surface area contributed by atoms with Gasteiger partial charge in [-0.2, -0.15) is 0 Å². The predicted molar refractivity (Wildman–Crippen MR) is 213 cm³/mol. The minimum absolute atomic E-state index is 0.416. The van der Waals surface area contributed by atoms with E-state index in [4.69, 9.17) is 13.6 Å². The zero-order valence-electron chi connectivity index (χ0n) is 31.0. The minimum atomic E-state index is -3.39. The van der Waals surface area contributed by atoms with Gasteiger partial charge >= 0.3 is 0 Å². The maximum Gasteiger partial charge on any atom is 0.261 e. The van der Waals surface area contributed by atoms with Crippen molar-refractivity contribution in [3.05, 3.63) is 157 Å². The van der Waals surface area contributed by atoms with Gasteiger partial charge in [-0.05, 0) is 30.8 Å². The van der Waals surface area contributed by atoms with Gasteiger partial charge in [0.1, 0.15) is 24.4 Å². The standard InChI is InChI=1S/C44H52O6Si2/c1-42(2,3)51(34-24-14-8-15-25-34,35-26-16-9-17-27-35)49-40-38(32-45)48-44(47,33-22-12-7-13-23-33)41(39(40)46)50-52(43(4,5)6,36-28-18-10-19-29-36)37-30-20-11-21-31-37/h7-31,38-41,45-47H,32H2,1-6H3/t38-,39+,40-,41-,44-/m1/s1. The van der Waals surface area contributed by atoms with E-state index in [9.17, 15) is 15.3 Å². The summed E-state index contributed by atoms with van der Waals surface area (Å²) in [6, 6.07) is 49.7. The summed E-state index contributed by atoms with van der Waals surface area (Å²) in [6.07, 6.45) is -4.93. The molecular weight excluding hydrogens is 681 g/mol. The molecule has 1 fully saturated rings. The van der Waals surface area contributed by atoms with E-state index in [1.165, 1.54) is 0 Å². The largest absolute Gasteiger partial charge is 0.399 e. The average molecular weight is 733 g/mol. The van der Waals surface area contributed by atoms with Crippen molar-refractivity contribution in [3.63, 3.8) is 0 Å². The lowest BCUT2D eigenvalue weighted by molar-refractivity contribution is -0.351. The number of benzene rings is 5. The van der Waals surface area contributed by atoms with Crippen molar-refractivity contribution in [1.29, 1.82) is 0 Å². The zero-order valence-corrected chi connectivity index (χ0v) is 33.0. The van der Waals surface area contributed by atoms with E-state index in [0.717, 1.165) is 20.7 Å². The Morgan fingerprint density at radius 2 is 0.885 bits per heavy atom. The van der Waals surface area contributed by atoms with Crippen LogP contribution < -0.4 is 20.7 Å². The third kappa shape index (κ3) is 6.67. The molecule has 5 aromatic rings. The monoisotopic (exact) mass is 732 g/mol. The molecule has 0 radical (unpaired) electrons. The van der Waals surface area contributed by atoms with Gasteiger partial charge in [-0.15, -0.1) is 0 Å². The van der Waals surface area contributed by atoms with Gasteiger partial charge in [0, 0.05) is 5.56 Å². The third-order valence-electron chi connectivity index (χ3n) is 10.5. The van der Waals surface area contributed by atoms with E-state index in [1.807, 2.05) is 91.0 Å². The summed E-state index contributed by atoms with van der Waals surface area (Å²) in [5, 5.41) is 40.2. The molecule has 0 saturated carbocycles. The van der Waals surface area contributed by atoms with E-state index >= 15 is 0 Å². The highest BCUT2D eigenvalue weighted by molar-refractivity contribution is 7.00. The lowest BCUT2D eigenvalue weighted by Crippen LogP contribution is -2.76. The summed E-state index contributed by atoms with van der Waals surface area (Å²) < 4.78 is 21.8. The second-order valence-corrected chi connectivity index (χ2v) is 24.3. The fourth-order valence-corrected chi connectivity index (χ4v) is 17.5. The summed E-state index contributed by atoms with van der Waals surface area (Å²) in [5.41, 5.74) is 0.416. The third-order valence-corrected chi connectivity index (χ3v) is 20.6. The highest BCUT2D eigenvalue weighted by Crippen LogP contribution is 2.47. The maximum absolute atomic E-state index is 13.0. The molecule has 0 unspecified atom stereocenters. The molecule has 8 heteroatoms. The second kappa shape index (κ2) is 15.0. The SMILES string of the molecule is CC(C)(C)[Si](O[C@H]1[C@H](O)[C@@H](O[Si](c2ccccc2)(c2ccccc2)C(C)(C)C)[C@@](O)(c2ccccc2)O[C@@H]1CO)(c1ccccc1)c1ccccc1. The van der Waals surface area contributed by atoms with Crippen LogP contribution in [0.4, 0.5) is 0 Å². The van der Waals surface area contributed by atoms with E-state index in [1.54, 1.807) is 12.1 Å². The number of aliphatic hydroxyl groups excluding tert-OH is 2. The first kappa shape index (κ1) is 38.0. The Hall–Kier alpha value is -3.71. The fourth-order valence-electron chi connectivity index (χ4n) is 8.11. The quantitative estimate of drug-likeness (QED) is 0.165. The Balaban J connectivity index is 1.59. The number of hydrogen-bond acceptors (Lipinski definition) is 6. The van der Waals surface area contributed by atoms with E-state index in [-0.39, 0.29) is 0 Å². The van der Waals surface area contributed by atoms with Crippen molar-refractivity contribution >= 4 is 37.4 Å². The molecular formula is C44H52O6Si2. The van der Waals surface area contributed by atoms with Gasteiger partial charge in [-0.1, -0.05) is 193 Å². The van der Waals surface area contributed by atoms with Crippen LogP contribution in [0, 0.1) is 0 Å². The Labute approximate surface area is 310 Å². The van der Waals surface area contributed by atoms with E-state index < -0.39 is 63.5 Å². The smallest absolute Gasteiger partial charge is 0.261 e. The van der Waals surface area contributed by atoms with Crippen LogP contribution >= 0.6 is 0 Å². The Morgan fingerprint density at radius 1 is 0.558 bits per heavy atom. The molecule has 1 aliphatic rings. The molecule has 0 amide bonds. The van der Waals surface area contributed by atoms with Crippen LogP contribution in [0.3, 0.4) is 0 Å². The molecule has 1 heterocycles. The van der Waals surface area contributed by atoms with Crippen LogP contribution in [0.1, 0.15) is 47.1 Å². The second-order valence-electron chi connectivity index (χ2n) is 15.8. The van der Waals surface area contributed by atoms with Crippen LogP contribution in [0.2, 0.25) is 10.1 Å². The van der Waals surface area contributed by atoms with Crippen LogP contribution in [0.15, 0.2) is 152 Å². The van der Waals surface area contributed by atoms with E-state index in [2.05, 4.69) is 90.1 Å². The lowest BCUT2D eigenvalue weighted by atomic mass is 9.88. The van der Waals surface area contributed by atoms with Crippen LogP contribution in [-0.4, -0.2) is 63.0 Å². The summed E-state index contributed by atoms with van der Waals surface area (Å²) in [6.45, 7) is 12.5. The molecule has 0 aromatic heterocycles. The van der Waals surface area contributed by atoms with Crippen molar-refractivity contribution in [2.45, 2.75) is 81.8 Å². The van der Waals surface area contributed by atoms with Crippen molar-refractivity contribution in [2.24, 2.45) is 0 Å². The predicted octanol–water partition coefficient (Wildman–Crippen LogP) is 5.47. The Morgan fingerprint density at radius 3 is 1.21 bits per heavy atom. The van der Waals surface area contributed by atoms with Crippen molar-refractivity contribution in [2.75, 3.05) is 6.61 Å². The molecule has 1 saturated heterocycles. The first-order valence-electron chi connectivity index (χ1n) is 18.1. The van der Waals surface area contributed by atoms with Gasteiger partial charge in [-0.25, -0.2) is 0 Å². The maximum atomic E-state index is 13.0. The number of aliphatic hydroxyl groups is 3. The number of ether oxygens (including phenoxy) is 1. The molecule has 272 valence electrons. The Bertz CT molecular complexity index is 1790. The van der Waals surface area contributed by atoms with Crippen molar-refractivity contribution in [1.82, 2.24) is 0 Å². The molecule has 6 rings (SSSR count). The molecule has 0 spiro atoms. The average Bonchev–Trinajstić information content (AvgIpc) is 3.15. The summed E-state index contributed by atoms with van der Waals surface area (Å²) in [7, 11) is -6.68. The first-order valence-corrected chi connectivity index (χ1v) is 21.9. The fraction of sp³-hybridized carbons (Fsp3) is 0.318. The lowest BCUT2D eigenvalue weighted by Gasteiger charge is -2.55. The van der Waals surface area contributed by atoms with Gasteiger partial charge in [0.15, 0.2) is 0 Å². The molecule has 3 N–H and O–H groups in total. The minimum Gasteiger partial charge on any atom is -0.399 e. The summed E-state index contributed by atoms with van der Waals surface area (Å²) in [5.74, 6) is -2.15. The number of hydrogen-bond donors (Lipinski definition) is 3. The van der Waals surface area contributed by atoms with Gasteiger partial charge in [0.05, 0.1) is 6.61 Å². The van der Waals surface area contributed by atoms with Crippen molar-refractivity contribution in [3.8, 4) is 0 Å². The van der Waals surface area contributed by atoms with Crippen LogP contribution in [-0.2, 0) is 19.4 Å². The van der Waals surface area contributed by atoms with Gasteiger partial charge in [0.2, 0.25) is 5.79 Å². The van der Waals surface area contributed by atoms with Gasteiger partial charge in [0.25, 0.3) is 16.6 Å². The van der Waals surface area contributed by atoms with Crippen LogP contribution in [0.25, 0.3) is 0 Å². The van der Waals surface area contributed by atoms with Crippen molar-refractivity contribution < 1.29 is 28.9 Å². The Kier molecular flexibility index (Phi) is 10.9. The van der Waals surface area contributed by atoms with Gasteiger partial charge < -0.3 is 28.9 Å². The molecule has 52 heavy (non-hydrogen) atoms.